The van der Waals surface area contributed by atoms with Crippen LogP contribution in [0.5, 0.6) is 0 Å². The molecule has 0 amide bonds. The summed E-state index contributed by atoms with van der Waals surface area (Å²) in [4.78, 5) is 3.44. The second-order valence-corrected chi connectivity index (χ2v) is 6.48. The molecule has 0 aliphatic heterocycles. The Balaban J connectivity index is 2.94. The molecule has 0 radical (unpaired) electrons. The molecule has 1 N–H and O–H groups in total. The molecule has 104 valence electrons. The van der Waals surface area contributed by atoms with E-state index in [1.54, 1.807) is 6.92 Å². The smallest absolute Gasteiger partial charge is 0.235 e. The van der Waals surface area contributed by atoms with Gasteiger partial charge in [0.2, 0.25) is 10.0 Å². The number of alkyl halides is 3. The topological polar surface area (TPSA) is 59.1 Å². The third kappa shape index (κ3) is 3.92. The first kappa shape index (κ1) is 15.4. The molecule has 0 aliphatic carbocycles. The van der Waals surface area contributed by atoms with Crippen LogP contribution in [0.3, 0.4) is 0 Å². The predicted molar refractivity (Wildman–Crippen MR) is 62.7 cm³/mol. The first-order valence-corrected chi connectivity index (χ1v) is 7.75. The maximum Gasteiger partial charge on any atom is 0.434 e. The van der Waals surface area contributed by atoms with Gasteiger partial charge in [-0.1, -0.05) is 6.92 Å². The summed E-state index contributed by atoms with van der Waals surface area (Å²) in [6.07, 6.45) is -4.17. The molecule has 0 saturated heterocycles. The van der Waals surface area contributed by atoms with E-state index in [1.807, 2.05) is 0 Å². The van der Waals surface area contributed by atoms with Gasteiger partial charge in [-0.05, 0) is 13.3 Å². The lowest BCUT2D eigenvalue weighted by Gasteiger charge is -2.13. The molecule has 18 heavy (non-hydrogen) atoms. The van der Waals surface area contributed by atoms with Crippen molar-refractivity contribution in [2.24, 2.45) is 0 Å². The van der Waals surface area contributed by atoms with Gasteiger partial charge in [0.1, 0.15) is 5.01 Å². The van der Waals surface area contributed by atoms with Crippen LogP contribution in [-0.2, 0) is 16.2 Å². The van der Waals surface area contributed by atoms with Crippen LogP contribution in [0.2, 0.25) is 0 Å². The zero-order valence-electron chi connectivity index (χ0n) is 9.78. The second kappa shape index (κ2) is 5.54. The van der Waals surface area contributed by atoms with Crippen LogP contribution < -0.4 is 4.72 Å². The lowest BCUT2D eigenvalue weighted by molar-refractivity contribution is -0.140. The van der Waals surface area contributed by atoms with Gasteiger partial charge in [0.05, 0.1) is 11.8 Å². The third-order valence-corrected chi connectivity index (χ3v) is 4.58. The number of hydrogen-bond acceptors (Lipinski definition) is 4. The Bertz CT molecular complexity index is 496. The number of thiazole rings is 1. The minimum Gasteiger partial charge on any atom is -0.235 e. The summed E-state index contributed by atoms with van der Waals surface area (Å²) in [5.41, 5.74) is -0.989. The highest BCUT2D eigenvalue weighted by Crippen LogP contribution is 2.32. The average molecular weight is 302 g/mol. The molecule has 0 fully saturated rings. The van der Waals surface area contributed by atoms with E-state index in [0.29, 0.717) is 6.42 Å². The Labute approximate surface area is 107 Å². The van der Waals surface area contributed by atoms with Gasteiger partial charge in [-0.2, -0.15) is 13.2 Å². The number of nitrogens with zero attached hydrogens (tertiary/aromatic N) is 1. The second-order valence-electron chi connectivity index (χ2n) is 3.55. The highest BCUT2D eigenvalue weighted by atomic mass is 32.2. The van der Waals surface area contributed by atoms with Crippen LogP contribution >= 0.6 is 11.3 Å². The van der Waals surface area contributed by atoms with Gasteiger partial charge >= 0.3 is 6.18 Å². The Morgan fingerprint density at radius 2 is 2.06 bits per heavy atom. The molecule has 4 nitrogen and oxygen atoms in total. The van der Waals surface area contributed by atoms with E-state index in [0.717, 1.165) is 16.7 Å². The molecular formula is C9H13F3N2O2S2. The van der Waals surface area contributed by atoms with Crippen LogP contribution in [0.4, 0.5) is 13.2 Å². The number of sulfonamides is 1. The Kier molecular flexibility index (Phi) is 4.73. The Morgan fingerprint density at radius 1 is 1.44 bits per heavy atom. The number of hydrogen-bond donors (Lipinski definition) is 1. The van der Waals surface area contributed by atoms with Crippen molar-refractivity contribution < 1.29 is 21.6 Å². The fourth-order valence-electron chi connectivity index (χ4n) is 1.19. The average Bonchev–Trinajstić information content (AvgIpc) is 2.74. The summed E-state index contributed by atoms with van der Waals surface area (Å²) >= 11 is 0.802. The van der Waals surface area contributed by atoms with E-state index >= 15 is 0 Å². The summed E-state index contributed by atoms with van der Waals surface area (Å²) in [7, 11) is -3.47. The van der Waals surface area contributed by atoms with E-state index in [4.69, 9.17) is 0 Å². The van der Waals surface area contributed by atoms with E-state index in [-0.39, 0.29) is 10.8 Å². The fraction of sp³-hybridized carbons (Fsp3) is 0.667. The number of aromatic nitrogens is 1. The van der Waals surface area contributed by atoms with Crippen molar-refractivity contribution in [3.63, 3.8) is 0 Å². The van der Waals surface area contributed by atoms with Crippen molar-refractivity contribution in [1.29, 1.82) is 0 Å². The lowest BCUT2D eigenvalue weighted by atomic mass is 10.2. The molecule has 9 heteroatoms. The van der Waals surface area contributed by atoms with Gasteiger partial charge in [0.25, 0.3) is 0 Å². The number of halogens is 3. The molecule has 1 heterocycles. The van der Waals surface area contributed by atoms with Gasteiger partial charge in [-0.15, -0.1) is 11.3 Å². The highest BCUT2D eigenvalue weighted by molar-refractivity contribution is 7.89. The van der Waals surface area contributed by atoms with Crippen LogP contribution in [0, 0.1) is 0 Å². The molecule has 1 aromatic heterocycles. The molecule has 1 aromatic rings. The van der Waals surface area contributed by atoms with Crippen LogP contribution in [0.15, 0.2) is 5.38 Å². The SMILES string of the molecule is CCC(NS(=O)(=O)CC)c1nc(C(F)(F)F)cs1. The van der Waals surface area contributed by atoms with Crippen LogP contribution in [-0.4, -0.2) is 19.2 Å². The van der Waals surface area contributed by atoms with Crippen molar-refractivity contribution in [2.75, 3.05) is 5.75 Å². The molecule has 0 bridgehead atoms. The maximum absolute atomic E-state index is 12.4. The van der Waals surface area contributed by atoms with E-state index in [9.17, 15) is 21.6 Å². The quantitative estimate of drug-likeness (QED) is 0.909. The normalized spacial score (nSPS) is 14.7. The first-order chi connectivity index (χ1) is 8.19. The molecular weight excluding hydrogens is 289 g/mol. The molecule has 0 aliphatic rings. The summed E-state index contributed by atoms with van der Waals surface area (Å²) in [6.45, 7) is 3.13. The van der Waals surface area contributed by atoms with Gasteiger partial charge in [-0.3, -0.25) is 0 Å². The van der Waals surface area contributed by atoms with Crippen molar-refractivity contribution in [3.8, 4) is 0 Å². The van der Waals surface area contributed by atoms with Crippen molar-refractivity contribution in [3.05, 3.63) is 16.1 Å². The molecule has 1 atom stereocenters. The third-order valence-electron chi connectivity index (χ3n) is 2.22. The van der Waals surface area contributed by atoms with Crippen molar-refractivity contribution >= 4 is 21.4 Å². The van der Waals surface area contributed by atoms with Gasteiger partial charge in [-0.25, -0.2) is 18.1 Å². The monoisotopic (exact) mass is 302 g/mol. The number of nitrogens with one attached hydrogen (secondary N) is 1. The molecule has 0 saturated carbocycles. The molecule has 1 unspecified atom stereocenters. The van der Waals surface area contributed by atoms with E-state index in [2.05, 4.69) is 9.71 Å². The highest BCUT2D eigenvalue weighted by Gasteiger charge is 2.34. The largest absolute Gasteiger partial charge is 0.434 e. The van der Waals surface area contributed by atoms with Gasteiger partial charge in [0.15, 0.2) is 5.69 Å². The molecule has 0 aromatic carbocycles. The summed E-state index contributed by atoms with van der Waals surface area (Å²) in [5.74, 6) is -0.124. The Morgan fingerprint density at radius 3 is 2.44 bits per heavy atom. The molecule has 1 rings (SSSR count). The maximum atomic E-state index is 12.4. The molecule has 0 spiro atoms. The standard InChI is InChI=1S/C9H13F3N2O2S2/c1-3-6(14-18(15,16)4-2)8-13-7(5-17-8)9(10,11)12/h5-6,14H,3-4H2,1-2H3. The fourth-order valence-corrected chi connectivity index (χ4v) is 3.10. The zero-order valence-corrected chi connectivity index (χ0v) is 11.4. The zero-order chi connectivity index (χ0) is 14.0. The Hall–Kier alpha value is -0.670. The first-order valence-electron chi connectivity index (χ1n) is 5.22. The van der Waals surface area contributed by atoms with E-state index in [1.165, 1.54) is 6.92 Å². The van der Waals surface area contributed by atoms with Crippen LogP contribution in [0.25, 0.3) is 0 Å². The van der Waals surface area contributed by atoms with Crippen LogP contribution in [0.1, 0.15) is 37.0 Å². The summed E-state index contributed by atoms with van der Waals surface area (Å²) < 4.78 is 62.2. The minimum absolute atomic E-state index is 0.124. The number of rotatable bonds is 5. The van der Waals surface area contributed by atoms with Gasteiger partial charge in [0, 0.05) is 5.38 Å². The van der Waals surface area contributed by atoms with E-state index < -0.39 is 27.9 Å². The van der Waals surface area contributed by atoms with Gasteiger partial charge < -0.3 is 0 Å². The predicted octanol–water partition coefficient (Wildman–Crippen LogP) is 2.55. The van der Waals surface area contributed by atoms with Crippen molar-refractivity contribution in [1.82, 2.24) is 9.71 Å². The van der Waals surface area contributed by atoms with Crippen molar-refractivity contribution in [2.45, 2.75) is 32.5 Å². The summed E-state index contributed by atoms with van der Waals surface area (Å²) in [6, 6.07) is -0.712. The summed E-state index contributed by atoms with van der Waals surface area (Å²) in [5, 5.41) is 1.01. The lowest BCUT2D eigenvalue weighted by Crippen LogP contribution is -2.29. The minimum atomic E-state index is -4.50.